The number of nitrogens with one attached hydrogen (secondary N) is 1. The van der Waals surface area contributed by atoms with Crippen LogP contribution in [0.2, 0.25) is 0 Å². The number of methoxy groups -OCH3 is 1. The fraction of sp³-hybridized carbons (Fsp3) is 0.0417. The number of hydrogen-bond donors (Lipinski definition) is 2. The molecule has 0 amide bonds. The number of fused-ring (bicyclic) bond motifs is 1. The van der Waals surface area contributed by atoms with Crippen LogP contribution in [0.5, 0.6) is 17.2 Å². The lowest BCUT2D eigenvalue weighted by Gasteiger charge is -2.09. The van der Waals surface area contributed by atoms with E-state index in [1.807, 2.05) is 78.9 Å². The Morgan fingerprint density at radius 3 is 2.10 bits per heavy atom. The van der Waals surface area contributed by atoms with Crippen molar-refractivity contribution in [3.63, 3.8) is 0 Å². The Balaban J connectivity index is 1.55. The Morgan fingerprint density at radius 1 is 0.742 bits per heavy atom. The first kappa shape index (κ1) is 18.6. The summed E-state index contributed by atoms with van der Waals surface area (Å²) in [5.74, 6) is 3.26. The fourth-order valence-electron chi connectivity index (χ4n) is 3.33. The second-order valence-corrected chi connectivity index (χ2v) is 6.90. The maximum atomic E-state index is 6.13. The highest BCUT2D eigenvalue weighted by molar-refractivity contribution is 5.98. The van der Waals surface area contributed by atoms with E-state index in [0.717, 1.165) is 28.4 Å². The SMILES string of the molecule is COc1ccc(-c2nc(-c3ccc(Oc4ccccc4)cc3)c3c(N)[nH]nc3n2)cc1. The molecule has 3 N–H and O–H groups in total. The normalized spacial score (nSPS) is 10.9. The van der Waals surface area contributed by atoms with Crippen LogP contribution >= 0.6 is 0 Å². The third-order valence-corrected chi connectivity index (χ3v) is 4.90. The fourth-order valence-corrected chi connectivity index (χ4v) is 3.33. The summed E-state index contributed by atoms with van der Waals surface area (Å²) in [6.07, 6.45) is 0. The van der Waals surface area contributed by atoms with Crippen LogP contribution in [0, 0.1) is 0 Å². The van der Waals surface area contributed by atoms with Crippen molar-refractivity contribution in [1.82, 2.24) is 20.2 Å². The van der Waals surface area contributed by atoms with Crippen molar-refractivity contribution in [3.05, 3.63) is 78.9 Å². The average molecular weight is 409 g/mol. The molecule has 3 aromatic carbocycles. The van der Waals surface area contributed by atoms with Gasteiger partial charge < -0.3 is 15.2 Å². The first-order valence-electron chi connectivity index (χ1n) is 9.70. The summed E-state index contributed by atoms with van der Waals surface area (Å²) in [5, 5.41) is 7.74. The van der Waals surface area contributed by atoms with Gasteiger partial charge in [0.25, 0.3) is 0 Å². The maximum absolute atomic E-state index is 6.13. The predicted octanol–water partition coefficient (Wildman–Crippen LogP) is 5.07. The van der Waals surface area contributed by atoms with Crippen molar-refractivity contribution in [2.45, 2.75) is 0 Å². The zero-order valence-corrected chi connectivity index (χ0v) is 16.7. The van der Waals surface area contributed by atoms with Crippen molar-refractivity contribution in [2.24, 2.45) is 0 Å². The molecule has 0 fully saturated rings. The van der Waals surface area contributed by atoms with Crippen molar-refractivity contribution >= 4 is 16.9 Å². The third-order valence-electron chi connectivity index (χ3n) is 4.90. The quantitative estimate of drug-likeness (QED) is 0.420. The highest BCUT2D eigenvalue weighted by Gasteiger charge is 2.16. The van der Waals surface area contributed by atoms with Gasteiger partial charge in [0, 0.05) is 11.1 Å². The number of nitrogen functional groups attached to an aromatic ring is 1. The Labute approximate surface area is 178 Å². The van der Waals surface area contributed by atoms with Crippen molar-refractivity contribution in [2.75, 3.05) is 12.8 Å². The summed E-state index contributed by atoms with van der Waals surface area (Å²) in [5.41, 5.74) is 9.09. The number of H-pyrrole nitrogens is 1. The molecule has 152 valence electrons. The number of benzene rings is 3. The van der Waals surface area contributed by atoms with E-state index in [0.29, 0.717) is 28.4 Å². The smallest absolute Gasteiger partial charge is 0.187 e. The van der Waals surface area contributed by atoms with Gasteiger partial charge in [-0.15, -0.1) is 0 Å². The van der Waals surface area contributed by atoms with E-state index in [1.165, 1.54) is 0 Å². The van der Waals surface area contributed by atoms with Gasteiger partial charge in [0.15, 0.2) is 11.5 Å². The molecule has 7 heteroatoms. The lowest BCUT2D eigenvalue weighted by Crippen LogP contribution is -1.96. The molecule has 7 nitrogen and oxygen atoms in total. The molecule has 0 spiro atoms. The summed E-state index contributed by atoms with van der Waals surface area (Å²) >= 11 is 0. The highest BCUT2D eigenvalue weighted by atomic mass is 16.5. The van der Waals surface area contributed by atoms with Gasteiger partial charge in [0.1, 0.15) is 23.1 Å². The third kappa shape index (κ3) is 3.64. The Kier molecular flexibility index (Phi) is 4.68. The van der Waals surface area contributed by atoms with E-state index in [-0.39, 0.29) is 0 Å². The molecule has 5 aromatic rings. The van der Waals surface area contributed by atoms with Gasteiger partial charge in [-0.05, 0) is 60.7 Å². The number of anilines is 1. The molecule has 2 aromatic heterocycles. The van der Waals surface area contributed by atoms with Gasteiger partial charge in [0.2, 0.25) is 0 Å². The number of hydrogen-bond acceptors (Lipinski definition) is 6. The summed E-state index contributed by atoms with van der Waals surface area (Å²) < 4.78 is 11.1. The van der Waals surface area contributed by atoms with E-state index >= 15 is 0 Å². The van der Waals surface area contributed by atoms with Crippen molar-refractivity contribution in [1.29, 1.82) is 0 Å². The van der Waals surface area contributed by atoms with E-state index in [4.69, 9.17) is 20.2 Å². The number of ether oxygens (including phenoxy) is 2. The summed E-state index contributed by atoms with van der Waals surface area (Å²) in [4.78, 5) is 9.39. The molecular weight excluding hydrogens is 390 g/mol. The van der Waals surface area contributed by atoms with Gasteiger partial charge in [-0.1, -0.05) is 18.2 Å². The minimum Gasteiger partial charge on any atom is -0.497 e. The second-order valence-electron chi connectivity index (χ2n) is 6.90. The number of aromatic amines is 1. The molecule has 0 unspecified atom stereocenters. The van der Waals surface area contributed by atoms with Gasteiger partial charge in [-0.2, -0.15) is 5.10 Å². The zero-order valence-electron chi connectivity index (χ0n) is 16.7. The number of rotatable bonds is 5. The lowest BCUT2D eigenvalue weighted by atomic mass is 10.1. The number of nitrogens with zero attached hydrogens (tertiary/aromatic N) is 3. The minimum absolute atomic E-state index is 0.427. The number of aromatic nitrogens is 4. The van der Waals surface area contributed by atoms with E-state index in [2.05, 4.69) is 15.2 Å². The second kappa shape index (κ2) is 7.79. The average Bonchev–Trinajstić information content (AvgIpc) is 3.20. The van der Waals surface area contributed by atoms with Crippen LogP contribution in [0.3, 0.4) is 0 Å². The molecule has 0 aliphatic heterocycles. The molecular formula is C24H19N5O2. The Morgan fingerprint density at radius 2 is 1.39 bits per heavy atom. The number of para-hydroxylation sites is 1. The molecule has 0 atom stereocenters. The van der Waals surface area contributed by atoms with Gasteiger partial charge in [-0.25, -0.2) is 9.97 Å². The molecule has 0 aliphatic carbocycles. The van der Waals surface area contributed by atoms with E-state index in [1.54, 1.807) is 7.11 Å². The molecule has 0 radical (unpaired) electrons. The Hall–Kier alpha value is -4.39. The largest absolute Gasteiger partial charge is 0.497 e. The van der Waals surface area contributed by atoms with Crippen LogP contribution in [-0.2, 0) is 0 Å². The molecule has 2 heterocycles. The maximum Gasteiger partial charge on any atom is 0.187 e. The highest BCUT2D eigenvalue weighted by Crippen LogP contribution is 2.33. The molecule has 5 rings (SSSR count). The Bertz CT molecular complexity index is 1330. The van der Waals surface area contributed by atoms with Crippen LogP contribution in [-0.4, -0.2) is 27.3 Å². The zero-order chi connectivity index (χ0) is 21.2. The molecule has 0 bridgehead atoms. The molecule has 0 saturated heterocycles. The molecule has 31 heavy (non-hydrogen) atoms. The first-order valence-corrected chi connectivity index (χ1v) is 9.70. The lowest BCUT2D eigenvalue weighted by molar-refractivity contribution is 0.415. The van der Waals surface area contributed by atoms with Crippen molar-refractivity contribution < 1.29 is 9.47 Å². The van der Waals surface area contributed by atoms with Gasteiger partial charge in [-0.3, -0.25) is 5.10 Å². The van der Waals surface area contributed by atoms with E-state index < -0.39 is 0 Å². The first-order chi connectivity index (χ1) is 15.2. The van der Waals surface area contributed by atoms with Crippen LogP contribution in [0.1, 0.15) is 0 Å². The van der Waals surface area contributed by atoms with E-state index in [9.17, 15) is 0 Å². The minimum atomic E-state index is 0.427. The monoisotopic (exact) mass is 409 g/mol. The molecule has 0 aliphatic rings. The van der Waals surface area contributed by atoms with Crippen molar-refractivity contribution in [3.8, 4) is 39.9 Å². The predicted molar refractivity (Wildman–Crippen MR) is 120 cm³/mol. The van der Waals surface area contributed by atoms with Crippen LogP contribution in [0.15, 0.2) is 78.9 Å². The van der Waals surface area contributed by atoms with Crippen LogP contribution in [0.4, 0.5) is 5.82 Å². The van der Waals surface area contributed by atoms with Gasteiger partial charge in [0.05, 0.1) is 18.2 Å². The number of nitrogens with two attached hydrogens (primary N) is 1. The topological polar surface area (TPSA) is 98.9 Å². The summed E-state index contributed by atoms with van der Waals surface area (Å²) in [6, 6.07) is 24.9. The molecule has 0 saturated carbocycles. The summed E-state index contributed by atoms with van der Waals surface area (Å²) in [7, 11) is 1.63. The summed E-state index contributed by atoms with van der Waals surface area (Å²) in [6.45, 7) is 0. The standard InChI is InChI=1S/C24H19N5O2/c1-30-17-11-9-16(10-12-17)23-26-21(20-22(25)28-29-24(20)27-23)15-7-13-19(14-8-15)31-18-5-3-2-4-6-18/h2-14H,1H3,(H3,25,26,27,28,29). The van der Waals surface area contributed by atoms with Crippen LogP contribution in [0.25, 0.3) is 33.7 Å². The van der Waals surface area contributed by atoms with Crippen LogP contribution < -0.4 is 15.2 Å². The van der Waals surface area contributed by atoms with Gasteiger partial charge >= 0.3 is 0 Å².